The lowest BCUT2D eigenvalue weighted by atomic mass is 9.87. The van der Waals surface area contributed by atoms with Gasteiger partial charge in [0, 0.05) is 12.1 Å². The molecule has 0 aliphatic carbocycles. The Bertz CT molecular complexity index is 1120. The van der Waals surface area contributed by atoms with Gasteiger partial charge in [0.2, 0.25) is 21.8 Å². The zero-order chi connectivity index (χ0) is 26.6. The van der Waals surface area contributed by atoms with Crippen LogP contribution >= 0.6 is 0 Å². The molecule has 1 atom stereocenters. The van der Waals surface area contributed by atoms with E-state index >= 15 is 0 Å². The molecule has 0 fully saturated rings. The Morgan fingerprint density at radius 1 is 0.914 bits per heavy atom. The minimum absolute atomic E-state index is 0.0907. The molecule has 7 nitrogen and oxygen atoms in total. The molecule has 0 saturated carbocycles. The fraction of sp³-hybridized carbons (Fsp3) is 0.481. The summed E-state index contributed by atoms with van der Waals surface area (Å²) in [5.74, 6) is -0.766. The molecule has 0 spiro atoms. The average molecular weight is 502 g/mol. The number of carbonyl (C=O) groups excluding carboxylic acids is 2. The molecule has 8 heteroatoms. The maximum Gasteiger partial charge on any atom is 0.244 e. The second kappa shape index (κ2) is 10.8. The molecule has 0 radical (unpaired) electrons. The number of nitrogens with zero attached hydrogens (tertiary/aromatic N) is 2. The number of benzene rings is 2. The summed E-state index contributed by atoms with van der Waals surface area (Å²) in [4.78, 5) is 27.9. The first kappa shape index (κ1) is 28.4. The molecule has 2 rings (SSSR count). The summed E-state index contributed by atoms with van der Waals surface area (Å²) in [5, 5.41) is 2.91. The highest BCUT2D eigenvalue weighted by Crippen LogP contribution is 2.26. The van der Waals surface area contributed by atoms with Crippen molar-refractivity contribution in [2.24, 2.45) is 0 Å². The normalized spacial score (nSPS) is 13.1. The summed E-state index contributed by atoms with van der Waals surface area (Å²) in [5.41, 5.74) is 1.74. The molecular weight excluding hydrogens is 462 g/mol. The van der Waals surface area contributed by atoms with Crippen molar-refractivity contribution >= 4 is 27.5 Å². The van der Waals surface area contributed by atoms with Crippen LogP contribution in [0.3, 0.4) is 0 Å². The zero-order valence-electron chi connectivity index (χ0n) is 22.1. The largest absolute Gasteiger partial charge is 0.350 e. The van der Waals surface area contributed by atoms with E-state index in [0.717, 1.165) is 21.7 Å². The Kier molecular flexibility index (Phi) is 8.76. The van der Waals surface area contributed by atoms with Gasteiger partial charge in [-0.2, -0.15) is 0 Å². The van der Waals surface area contributed by atoms with Crippen LogP contribution in [-0.2, 0) is 31.6 Å². The van der Waals surface area contributed by atoms with Crippen molar-refractivity contribution in [1.29, 1.82) is 0 Å². The second-order valence-electron chi connectivity index (χ2n) is 11.0. The maximum atomic E-state index is 13.6. The second-order valence-corrected chi connectivity index (χ2v) is 12.9. The van der Waals surface area contributed by atoms with Crippen molar-refractivity contribution in [3.63, 3.8) is 0 Å². The zero-order valence-corrected chi connectivity index (χ0v) is 22.9. The van der Waals surface area contributed by atoms with Gasteiger partial charge in [-0.05, 0) is 56.4 Å². The van der Waals surface area contributed by atoms with Crippen LogP contribution in [0.5, 0.6) is 0 Å². The molecule has 0 unspecified atom stereocenters. The standard InChI is InChI=1S/C27H39N3O4S/c1-20(25(32)28-27(5,6)7)29(18-21-12-10-9-11-13-21)24(31)19-30(35(8,33)34)23-16-14-22(15-17-23)26(2,3)4/h9-17,20H,18-19H2,1-8H3,(H,28,32)/t20-/m1/s1. The van der Waals surface area contributed by atoms with E-state index < -0.39 is 34.1 Å². The first-order valence-corrected chi connectivity index (χ1v) is 13.6. The first-order valence-electron chi connectivity index (χ1n) is 11.7. The predicted molar refractivity (Wildman–Crippen MR) is 142 cm³/mol. The first-order chi connectivity index (χ1) is 16.0. The van der Waals surface area contributed by atoms with E-state index in [0.29, 0.717) is 5.69 Å². The van der Waals surface area contributed by atoms with Gasteiger partial charge in [-0.3, -0.25) is 13.9 Å². The van der Waals surface area contributed by atoms with E-state index in [4.69, 9.17) is 0 Å². The van der Waals surface area contributed by atoms with Crippen LogP contribution in [0, 0.1) is 0 Å². The van der Waals surface area contributed by atoms with E-state index in [2.05, 4.69) is 26.1 Å². The third-order valence-electron chi connectivity index (χ3n) is 5.56. The van der Waals surface area contributed by atoms with Gasteiger partial charge in [0.05, 0.1) is 11.9 Å². The van der Waals surface area contributed by atoms with E-state index in [1.807, 2.05) is 63.2 Å². The van der Waals surface area contributed by atoms with Crippen LogP contribution in [0.4, 0.5) is 5.69 Å². The smallest absolute Gasteiger partial charge is 0.244 e. The summed E-state index contributed by atoms with van der Waals surface area (Å²) in [7, 11) is -3.76. The van der Waals surface area contributed by atoms with Crippen molar-refractivity contribution in [3.05, 3.63) is 65.7 Å². The quantitative estimate of drug-likeness (QED) is 0.590. The van der Waals surface area contributed by atoms with Crippen LogP contribution in [-0.4, -0.2) is 49.5 Å². The van der Waals surface area contributed by atoms with Gasteiger partial charge in [0.1, 0.15) is 12.6 Å². The molecule has 0 saturated heterocycles. The highest BCUT2D eigenvalue weighted by molar-refractivity contribution is 7.92. The Labute approximate surface area is 210 Å². The van der Waals surface area contributed by atoms with Crippen LogP contribution in [0.15, 0.2) is 54.6 Å². The molecule has 192 valence electrons. The van der Waals surface area contributed by atoms with Crippen LogP contribution in [0.1, 0.15) is 59.6 Å². The maximum absolute atomic E-state index is 13.6. The fourth-order valence-electron chi connectivity index (χ4n) is 3.58. The number of nitrogens with one attached hydrogen (secondary N) is 1. The van der Waals surface area contributed by atoms with E-state index in [1.54, 1.807) is 19.1 Å². The SMILES string of the molecule is C[C@H](C(=O)NC(C)(C)C)N(Cc1ccccc1)C(=O)CN(c1ccc(C(C)(C)C)cc1)S(C)(=O)=O. The van der Waals surface area contributed by atoms with Gasteiger partial charge in [-0.25, -0.2) is 8.42 Å². The monoisotopic (exact) mass is 501 g/mol. The number of carbonyl (C=O) groups is 2. The summed E-state index contributed by atoms with van der Waals surface area (Å²) in [6.45, 7) is 13.3. The van der Waals surface area contributed by atoms with Gasteiger partial charge in [-0.1, -0.05) is 63.2 Å². The van der Waals surface area contributed by atoms with Crippen LogP contribution < -0.4 is 9.62 Å². The number of amides is 2. The van der Waals surface area contributed by atoms with E-state index in [9.17, 15) is 18.0 Å². The number of sulfonamides is 1. The minimum atomic E-state index is -3.76. The van der Waals surface area contributed by atoms with Gasteiger partial charge >= 0.3 is 0 Å². The molecule has 35 heavy (non-hydrogen) atoms. The topological polar surface area (TPSA) is 86.8 Å². The molecule has 1 N–H and O–H groups in total. The molecule has 0 aliphatic heterocycles. The van der Waals surface area contributed by atoms with E-state index in [-0.39, 0.29) is 17.9 Å². The van der Waals surface area contributed by atoms with Gasteiger partial charge in [-0.15, -0.1) is 0 Å². The fourth-order valence-corrected chi connectivity index (χ4v) is 4.43. The van der Waals surface area contributed by atoms with Crippen molar-refractivity contribution in [2.45, 2.75) is 72.0 Å². The molecule has 2 aromatic carbocycles. The van der Waals surface area contributed by atoms with Gasteiger partial charge in [0.25, 0.3) is 0 Å². The number of hydrogen-bond donors (Lipinski definition) is 1. The lowest BCUT2D eigenvalue weighted by Gasteiger charge is -2.33. The average Bonchev–Trinajstić information content (AvgIpc) is 2.73. The number of anilines is 1. The molecule has 0 heterocycles. The summed E-state index contributed by atoms with van der Waals surface area (Å²) in [6.07, 6.45) is 1.08. The summed E-state index contributed by atoms with van der Waals surface area (Å²) >= 11 is 0. The molecule has 2 aromatic rings. The van der Waals surface area contributed by atoms with Crippen molar-refractivity contribution in [3.8, 4) is 0 Å². The summed E-state index contributed by atoms with van der Waals surface area (Å²) in [6, 6.07) is 15.7. The number of hydrogen-bond acceptors (Lipinski definition) is 4. The summed E-state index contributed by atoms with van der Waals surface area (Å²) < 4.78 is 26.5. The molecule has 0 aliphatic rings. The van der Waals surface area contributed by atoms with Crippen LogP contribution in [0.2, 0.25) is 0 Å². The minimum Gasteiger partial charge on any atom is -0.350 e. The van der Waals surface area contributed by atoms with Gasteiger partial charge < -0.3 is 10.2 Å². The third kappa shape index (κ3) is 8.38. The lowest BCUT2D eigenvalue weighted by Crippen LogP contribution is -2.54. The predicted octanol–water partition coefficient (Wildman–Crippen LogP) is 4.08. The highest BCUT2D eigenvalue weighted by Gasteiger charge is 2.31. The lowest BCUT2D eigenvalue weighted by molar-refractivity contribution is -0.140. The molecular formula is C27H39N3O4S. The van der Waals surface area contributed by atoms with Gasteiger partial charge in [0.15, 0.2) is 0 Å². The third-order valence-corrected chi connectivity index (χ3v) is 6.70. The van der Waals surface area contributed by atoms with E-state index in [1.165, 1.54) is 4.90 Å². The van der Waals surface area contributed by atoms with Crippen molar-refractivity contribution in [1.82, 2.24) is 10.2 Å². The molecule has 2 amide bonds. The molecule has 0 bridgehead atoms. The van der Waals surface area contributed by atoms with Crippen molar-refractivity contribution in [2.75, 3.05) is 17.1 Å². The molecule has 0 aromatic heterocycles. The Morgan fingerprint density at radius 3 is 1.91 bits per heavy atom. The number of rotatable bonds is 8. The highest BCUT2D eigenvalue weighted by atomic mass is 32.2. The van der Waals surface area contributed by atoms with Crippen molar-refractivity contribution < 1.29 is 18.0 Å². The van der Waals surface area contributed by atoms with Crippen LogP contribution in [0.25, 0.3) is 0 Å². The Morgan fingerprint density at radius 2 is 1.46 bits per heavy atom. The Balaban J connectivity index is 2.39. The Hall–Kier alpha value is -2.87.